The van der Waals surface area contributed by atoms with Crippen molar-refractivity contribution in [3.05, 3.63) is 325 Å². The van der Waals surface area contributed by atoms with Crippen molar-refractivity contribution in [2.75, 3.05) is 19.8 Å². The summed E-state index contributed by atoms with van der Waals surface area (Å²) in [5.41, 5.74) is 13.2. The molecule has 0 saturated carbocycles. The van der Waals surface area contributed by atoms with Gasteiger partial charge in [0.05, 0.1) is 128 Å². The van der Waals surface area contributed by atoms with E-state index in [9.17, 15) is 15.3 Å². The van der Waals surface area contributed by atoms with Crippen molar-refractivity contribution in [2.45, 2.75) is 37.9 Å². The van der Waals surface area contributed by atoms with Crippen LogP contribution in [0.3, 0.4) is 0 Å². The molecular formula is C75H66Cl4N12O22Zn2. The Morgan fingerprint density at radius 2 is 0.496 bits per heavy atom. The molecular weight excluding hydrogens is 1690 g/mol. The topological polar surface area (TPSA) is 610 Å². The molecule has 34 nitrogen and oxygen atoms in total. The van der Waals surface area contributed by atoms with Crippen molar-refractivity contribution in [2.24, 2.45) is 15.0 Å². The molecule has 0 aliphatic heterocycles. The van der Waals surface area contributed by atoms with E-state index in [1.165, 1.54) is 18.6 Å². The molecule has 12 rings (SSSR count). The van der Waals surface area contributed by atoms with Gasteiger partial charge in [-0.3, -0.25) is 59.8 Å². The van der Waals surface area contributed by atoms with E-state index < -0.39 is 41.0 Å². The van der Waals surface area contributed by atoms with Gasteiger partial charge in [-0.25, -0.2) is 74.5 Å². The molecule has 3 N–H and O–H groups in total. The van der Waals surface area contributed by atoms with Gasteiger partial charge in [0.2, 0.25) is 0 Å². The van der Waals surface area contributed by atoms with E-state index in [-0.39, 0.29) is 74.3 Å². The summed E-state index contributed by atoms with van der Waals surface area (Å²) in [4.78, 5) is 52.9. The van der Waals surface area contributed by atoms with E-state index in [1.807, 2.05) is 201 Å². The van der Waals surface area contributed by atoms with Gasteiger partial charge in [0.1, 0.15) is 17.2 Å². The van der Waals surface area contributed by atoms with Crippen LogP contribution >= 0.6 is 0 Å². The van der Waals surface area contributed by atoms with Crippen molar-refractivity contribution in [1.82, 2.24) is 44.9 Å². The van der Waals surface area contributed by atoms with Gasteiger partial charge in [-0.1, -0.05) is 127 Å². The van der Waals surface area contributed by atoms with Gasteiger partial charge < -0.3 is 29.5 Å². The Hall–Kier alpha value is -9.93. The van der Waals surface area contributed by atoms with Gasteiger partial charge in [-0.2, -0.15) is 0 Å². The van der Waals surface area contributed by atoms with E-state index in [2.05, 4.69) is 59.8 Å². The Kier molecular flexibility index (Phi) is 43.9. The van der Waals surface area contributed by atoms with E-state index in [1.54, 1.807) is 73.6 Å². The quantitative estimate of drug-likeness (QED) is 0.0376. The molecule has 40 heteroatoms. The van der Waals surface area contributed by atoms with E-state index >= 15 is 0 Å². The van der Waals surface area contributed by atoms with Crippen LogP contribution in [0.2, 0.25) is 0 Å². The number of pyridine rings is 9. The molecule has 0 aliphatic rings. The molecule has 590 valence electrons. The van der Waals surface area contributed by atoms with Crippen LogP contribution in [0.25, 0.3) is 34.2 Å². The number of halogens is 4. The Morgan fingerprint density at radius 1 is 0.270 bits per heavy atom. The average Bonchev–Trinajstić information content (AvgIpc) is 0.868. The SMILES string of the molecule is Oc1ccc(C=N[C@@H](COCc2ccc(-c3ccccn3)nc2)c2ccccc2)nc1.Oc1ccc(C=N[C@@H](COCc2ccc(-c3ccccn3)nc2)c2ccccc2)nc1.Oc1ccc(C=N[C@@H](COCc2ccc(-c3ccccn3)nc2)c2ccccc2)nc1.[O-][Cl+3]([O-])([O-])[O-].[O-][Cl+3]([O-])([O-])[O-].[O-][Cl+3]([O-])([O-])[O-].[O-][Cl+3]([O-])([O-])[O-].[Zn+2].[Zn+2]. The monoisotopic (exact) mass is 1750 g/mol. The molecule has 0 fully saturated rings. The molecule has 12 aromatic rings. The molecule has 0 unspecified atom stereocenters. The standard InChI is InChI=1S/3C25H22N4O2.4ClHO4.2Zn/c3*30-22-11-10-21(27-16-22)15-29-25(20-6-2-1-3-7-20)18-31-17-19-9-12-24(28-14-19)23-8-4-5-13-26-23;4*2-1(3,4)5;;/h3*1-16,25,30H,17-18H2;4*(H,2,3,4,5);;/q;;;;;;;2*+2/p-4/t3*25-;;;;;;/m000....../s1. The number of aliphatic imine (C=N–C) groups is 3. The van der Waals surface area contributed by atoms with E-state index in [4.69, 9.17) is 88.8 Å². The fourth-order valence-corrected chi connectivity index (χ4v) is 9.01. The fraction of sp³-hybridized carbons (Fsp3) is 0.120. The third-order valence-corrected chi connectivity index (χ3v) is 13.9. The van der Waals surface area contributed by atoms with Crippen LogP contribution in [0.5, 0.6) is 17.2 Å². The first-order valence-electron chi connectivity index (χ1n) is 32.3. The van der Waals surface area contributed by atoms with Crippen LogP contribution in [-0.2, 0) is 73.0 Å². The third kappa shape index (κ3) is 45.1. The number of hydrogen-bond acceptors (Lipinski definition) is 34. The summed E-state index contributed by atoms with van der Waals surface area (Å²) in [6.07, 6.45) is 20.0. The van der Waals surface area contributed by atoms with Crippen molar-refractivity contribution in [1.29, 1.82) is 0 Å². The number of rotatable bonds is 24. The minimum Gasteiger partial charge on any atom is -0.506 e. The summed E-state index contributed by atoms with van der Waals surface area (Å²) in [5.74, 6) is 0.383. The summed E-state index contributed by atoms with van der Waals surface area (Å²) in [6.45, 7) is 2.56. The first-order chi connectivity index (χ1) is 53.8. The number of ether oxygens (including phenoxy) is 3. The van der Waals surface area contributed by atoms with E-state index in [0.717, 1.165) is 67.5 Å². The zero-order chi connectivity index (χ0) is 81.9. The molecule has 9 heterocycles. The van der Waals surface area contributed by atoms with Gasteiger partial charge >= 0.3 is 39.0 Å². The maximum absolute atomic E-state index is 9.38. The summed E-state index contributed by atoms with van der Waals surface area (Å²) >= 11 is 0. The molecule has 0 spiro atoms. The number of benzene rings is 3. The molecule has 115 heavy (non-hydrogen) atoms. The summed E-state index contributed by atoms with van der Waals surface area (Å²) < 4.78 is 154. The molecule has 0 bridgehead atoms. The van der Waals surface area contributed by atoms with Crippen molar-refractivity contribution in [3.8, 4) is 51.4 Å². The van der Waals surface area contributed by atoms with Crippen LogP contribution < -0.4 is 74.5 Å². The summed E-state index contributed by atoms with van der Waals surface area (Å²) in [7, 11) is -19.8. The molecule has 9 aromatic heterocycles. The van der Waals surface area contributed by atoms with Gasteiger partial charge in [0, 0.05) is 55.8 Å². The van der Waals surface area contributed by atoms with Crippen molar-refractivity contribution < 1.29 is 184 Å². The average molecular weight is 1760 g/mol. The Morgan fingerprint density at radius 3 is 0.687 bits per heavy atom. The maximum Gasteiger partial charge on any atom is 2.00 e. The molecule has 0 aliphatic carbocycles. The first kappa shape index (κ1) is 97.4. The number of hydrogen-bond donors (Lipinski definition) is 3. The van der Waals surface area contributed by atoms with Gasteiger partial charge in [0.15, 0.2) is 0 Å². The van der Waals surface area contributed by atoms with Crippen molar-refractivity contribution >= 4 is 18.6 Å². The van der Waals surface area contributed by atoms with Crippen molar-refractivity contribution in [3.63, 3.8) is 0 Å². The van der Waals surface area contributed by atoms with Gasteiger partial charge in [-0.15, -0.1) is 41.0 Å². The summed E-state index contributed by atoms with van der Waals surface area (Å²) in [5, 5.41) is 28.1. The molecule has 0 radical (unpaired) electrons. The van der Waals surface area contributed by atoms with Crippen LogP contribution in [-0.4, -0.2) is 98.6 Å². The predicted molar refractivity (Wildman–Crippen MR) is 359 cm³/mol. The molecule has 3 atom stereocenters. The molecule has 3 aromatic carbocycles. The Labute approximate surface area is 691 Å². The minimum absolute atomic E-state index is 0. The second-order valence-electron chi connectivity index (χ2n) is 22.3. The fourth-order valence-electron chi connectivity index (χ4n) is 9.01. The molecule has 0 saturated heterocycles. The minimum atomic E-state index is -4.94. The Balaban J connectivity index is 0.000000321. The number of aromatic nitrogens is 9. The first-order valence-corrected chi connectivity index (χ1v) is 37.3. The third-order valence-electron chi connectivity index (χ3n) is 13.9. The maximum atomic E-state index is 9.38. The van der Waals surface area contributed by atoms with Gasteiger partial charge in [-0.05, 0) is 124 Å². The number of nitrogens with zero attached hydrogens (tertiary/aromatic N) is 12. The van der Waals surface area contributed by atoms with Crippen LogP contribution in [0.1, 0.15) is 68.6 Å². The zero-order valence-corrected chi connectivity index (χ0v) is 69.0. The Bertz CT molecular complexity index is 4170. The largest absolute Gasteiger partial charge is 2.00 e. The van der Waals surface area contributed by atoms with Gasteiger partial charge in [0.25, 0.3) is 0 Å². The second kappa shape index (κ2) is 51.8. The smallest absolute Gasteiger partial charge is 0.506 e. The van der Waals surface area contributed by atoms with Crippen LogP contribution in [0.15, 0.2) is 289 Å². The van der Waals surface area contributed by atoms with Crippen LogP contribution in [0.4, 0.5) is 0 Å². The van der Waals surface area contributed by atoms with Crippen LogP contribution in [0, 0.1) is 41.0 Å². The normalized spacial score (nSPS) is 11.9. The van der Waals surface area contributed by atoms with E-state index in [0.29, 0.717) is 56.7 Å². The summed E-state index contributed by atoms with van der Waals surface area (Å²) in [6, 6.07) is 68.5. The second-order valence-corrected chi connectivity index (χ2v) is 25.3. The number of aromatic hydroxyl groups is 3. The molecule has 0 amide bonds. The predicted octanol–water partition coefficient (Wildman–Crippen LogP) is -5.17. The zero-order valence-electron chi connectivity index (χ0n) is 60.1.